The highest BCUT2D eigenvalue weighted by Gasteiger charge is 2.22. The Bertz CT molecular complexity index is 908. The lowest BCUT2D eigenvalue weighted by Crippen LogP contribution is -2.27. The summed E-state index contributed by atoms with van der Waals surface area (Å²) in [6.45, 7) is 2.16. The number of carbonyl (C=O) groups is 1. The molecule has 0 unspecified atom stereocenters. The molecule has 138 valence electrons. The van der Waals surface area contributed by atoms with Crippen molar-refractivity contribution in [2.24, 2.45) is 5.14 Å². The van der Waals surface area contributed by atoms with E-state index in [0.29, 0.717) is 36.3 Å². The van der Waals surface area contributed by atoms with Crippen LogP contribution in [0.3, 0.4) is 0 Å². The molecule has 8 nitrogen and oxygen atoms in total. The maximum atomic E-state index is 12.3. The van der Waals surface area contributed by atoms with E-state index in [1.54, 1.807) is 25.1 Å². The summed E-state index contributed by atoms with van der Waals surface area (Å²) in [4.78, 5) is 20.8. The van der Waals surface area contributed by atoms with Crippen LogP contribution in [-0.2, 0) is 16.4 Å². The van der Waals surface area contributed by atoms with Gasteiger partial charge < -0.3 is 10.6 Å². The topological polar surface area (TPSA) is 127 Å². The second-order valence-corrected chi connectivity index (χ2v) is 7.86. The Balaban J connectivity index is 1.56. The van der Waals surface area contributed by atoms with Crippen molar-refractivity contribution in [3.8, 4) is 0 Å². The van der Waals surface area contributed by atoms with E-state index in [0.717, 1.165) is 18.4 Å². The van der Waals surface area contributed by atoms with E-state index in [1.165, 1.54) is 12.1 Å². The number of sulfonamides is 1. The van der Waals surface area contributed by atoms with Gasteiger partial charge in [-0.2, -0.15) is 0 Å². The van der Waals surface area contributed by atoms with Crippen molar-refractivity contribution in [3.05, 3.63) is 47.4 Å². The quantitative estimate of drug-likeness (QED) is 0.662. The van der Waals surface area contributed by atoms with Crippen LogP contribution >= 0.6 is 0 Å². The predicted octanol–water partition coefficient (Wildman–Crippen LogP) is 0.979. The fraction of sp³-hybridized carbons (Fsp3) is 0.353. The number of anilines is 1. The Kier molecular flexibility index (Phi) is 5.19. The van der Waals surface area contributed by atoms with Crippen LogP contribution in [0.4, 0.5) is 5.82 Å². The van der Waals surface area contributed by atoms with Crippen LogP contribution in [0.2, 0.25) is 0 Å². The van der Waals surface area contributed by atoms with Crippen LogP contribution in [0.1, 0.15) is 34.7 Å². The zero-order valence-corrected chi connectivity index (χ0v) is 15.2. The summed E-state index contributed by atoms with van der Waals surface area (Å²) in [6, 6.07) is 8.37. The highest BCUT2D eigenvalue weighted by molar-refractivity contribution is 7.89. The first-order valence-electron chi connectivity index (χ1n) is 8.33. The molecule has 0 bridgehead atoms. The lowest BCUT2D eigenvalue weighted by molar-refractivity contribution is 0.0948. The molecule has 3 rings (SSSR count). The van der Waals surface area contributed by atoms with Crippen molar-refractivity contribution < 1.29 is 13.2 Å². The molecule has 1 fully saturated rings. The molecular formula is C17H21N5O3S. The third-order valence-corrected chi connectivity index (χ3v) is 4.88. The summed E-state index contributed by atoms with van der Waals surface area (Å²) in [5.41, 5.74) is 1.22. The second kappa shape index (κ2) is 7.38. The summed E-state index contributed by atoms with van der Waals surface area (Å²) in [5.74, 6) is 0.943. The van der Waals surface area contributed by atoms with Crippen LogP contribution < -0.4 is 15.8 Å². The number of nitrogens with zero attached hydrogens (tertiary/aromatic N) is 2. The third-order valence-electron chi connectivity index (χ3n) is 3.95. The van der Waals surface area contributed by atoms with Gasteiger partial charge in [-0.1, -0.05) is 12.1 Å². The van der Waals surface area contributed by atoms with E-state index >= 15 is 0 Å². The first kappa shape index (κ1) is 18.3. The molecule has 1 amide bonds. The number of amides is 1. The Morgan fingerprint density at radius 3 is 2.54 bits per heavy atom. The Morgan fingerprint density at radius 1 is 1.23 bits per heavy atom. The van der Waals surface area contributed by atoms with E-state index < -0.39 is 10.0 Å². The van der Waals surface area contributed by atoms with Crippen molar-refractivity contribution >= 4 is 21.7 Å². The van der Waals surface area contributed by atoms with Gasteiger partial charge in [0, 0.05) is 18.7 Å². The number of nitrogens with one attached hydrogen (secondary N) is 2. The highest BCUT2D eigenvalue weighted by atomic mass is 32.2. The average molecular weight is 375 g/mol. The van der Waals surface area contributed by atoms with E-state index in [2.05, 4.69) is 20.6 Å². The molecule has 2 aromatic rings. The first-order valence-corrected chi connectivity index (χ1v) is 9.88. The number of aryl methyl sites for hydroxylation is 1. The van der Waals surface area contributed by atoms with Gasteiger partial charge in [-0.3, -0.25) is 4.79 Å². The van der Waals surface area contributed by atoms with Crippen LogP contribution in [0.25, 0.3) is 0 Å². The van der Waals surface area contributed by atoms with Crippen LogP contribution in [0.15, 0.2) is 35.2 Å². The highest BCUT2D eigenvalue weighted by Crippen LogP contribution is 2.23. The van der Waals surface area contributed by atoms with E-state index in [-0.39, 0.29) is 10.8 Å². The molecule has 0 saturated heterocycles. The Morgan fingerprint density at radius 2 is 1.92 bits per heavy atom. The molecule has 1 heterocycles. The van der Waals surface area contributed by atoms with Crippen molar-refractivity contribution in [1.82, 2.24) is 15.3 Å². The van der Waals surface area contributed by atoms with Gasteiger partial charge in [-0.15, -0.1) is 0 Å². The smallest absolute Gasteiger partial charge is 0.270 e. The number of rotatable bonds is 7. The molecule has 26 heavy (non-hydrogen) atoms. The molecule has 1 aromatic carbocycles. The van der Waals surface area contributed by atoms with E-state index in [4.69, 9.17) is 5.14 Å². The molecule has 0 spiro atoms. The minimum atomic E-state index is -3.69. The van der Waals surface area contributed by atoms with E-state index in [9.17, 15) is 13.2 Å². The standard InChI is InChI=1S/C17H21N5O3S/c1-11-20-15(10-16(21-11)22-13-4-5-13)17(23)19-9-8-12-2-6-14(7-3-12)26(18,24)25/h2-3,6-7,10,13H,4-5,8-9H2,1H3,(H,19,23)(H2,18,24,25)(H,20,21,22). The fourth-order valence-electron chi connectivity index (χ4n) is 2.45. The number of hydrogen-bond donors (Lipinski definition) is 3. The fourth-order valence-corrected chi connectivity index (χ4v) is 2.97. The van der Waals surface area contributed by atoms with Crippen molar-refractivity contribution in [2.45, 2.75) is 37.1 Å². The Hall–Kier alpha value is -2.52. The maximum Gasteiger partial charge on any atom is 0.270 e. The predicted molar refractivity (Wildman–Crippen MR) is 97.3 cm³/mol. The first-order chi connectivity index (χ1) is 12.3. The number of aromatic nitrogens is 2. The second-order valence-electron chi connectivity index (χ2n) is 6.30. The normalized spacial score (nSPS) is 14.1. The van der Waals surface area contributed by atoms with Crippen LogP contribution in [0.5, 0.6) is 0 Å². The van der Waals surface area contributed by atoms with Gasteiger partial charge in [0.1, 0.15) is 17.3 Å². The van der Waals surface area contributed by atoms with E-state index in [1.807, 2.05) is 0 Å². The largest absolute Gasteiger partial charge is 0.367 e. The van der Waals surface area contributed by atoms with Crippen molar-refractivity contribution in [2.75, 3.05) is 11.9 Å². The molecule has 1 aliphatic carbocycles. The van der Waals surface area contributed by atoms with Gasteiger partial charge in [0.25, 0.3) is 5.91 Å². The molecule has 0 atom stereocenters. The Labute approximate surface area is 152 Å². The maximum absolute atomic E-state index is 12.3. The lowest BCUT2D eigenvalue weighted by Gasteiger charge is -2.09. The monoisotopic (exact) mass is 375 g/mol. The van der Waals surface area contributed by atoms with Crippen molar-refractivity contribution in [1.29, 1.82) is 0 Å². The van der Waals surface area contributed by atoms with Crippen LogP contribution in [0, 0.1) is 6.92 Å². The summed E-state index contributed by atoms with van der Waals surface area (Å²) in [6.07, 6.45) is 2.80. The zero-order chi connectivity index (χ0) is 18.7. The average Bonchev–Trinajstić information content (AvgIpc) is 3.38. The SMILES string of the molecule is Cc1nc(NC2CC2)cc(C(=O)NCCc2ccc(S(N)(=O)=O)cc2)n1. The molecule has 0 radical (unpaired) electrons. The number of nitrogens with two attached hydrogens (primary N) is 1. The van der Waals surface area contributed by atoms with Gasteiger partial charge in [0.05, 0.1) is 4.90 Å². The van der Waals surface area contributed by atoms with Gasteiger partial charge >= 0.3 is 0 Å². The van der Waals surface area contributed by atoms with Gasteiger partial charge in [0.15, 0.2) is 0 Å². The number of carbonyl (C=O) groups excluding carboxylic acids is 1. The van der Waals surface area contributed by atoms with Gasteiger partial charge in [0.2, 0.25) is 10.0 Å². The molecule has 1 aliphatic rings. The van der Waals surface area contributed by atoms with Gasteiger partial charge in [-0.05, 0) is 43.9 Å². The molecule has 1 aromatic heterocycles. The summed E-state index contributed by atoms with van der Waals surface area (Å²) in [7, 11) is -3.69. The van der Waals surface area contributed by atoms with Crippen molar-refractivity contribution in [3.63, 3.8) is 0 Å². The van der Waals surface area contributed by atoms with Crippen LogP contribution in [-0.4, -0.2) is 36.9 Å². The number of hydrogen-bond acceptors (Lipinski definition) is 6. The summed E-state index contributed by atoms with van der Waals surface area (Å²) in [5, 5.41) is 11.1. The molecule has 9 heteroatoms. The molecule has 0 aliphatic heterocycles. The molecule has 1 saturated carbocycles. The minimum Gasteiger partial charge on any atom is -0.367 e. The number of benzene rings is 1. The number of primary sulfonamides is 1. The van der Waals surface area contributed by atoms with Gasteiger partial charge in [-0.25, -0.2) is 23.5 Å². The minimum absolute atomic E-state index is 0.0671. The molecule has 4 N–H and O–H groups in total. The third kappa shape index (κ3) is 4.99. The molecular weight excluding hydrogens is 354 g/mol. The summed E-state index contributed by atoms with van der Waals surface area (Å²) >= 11 is 0. The summed E-state index contributed by atoms with van der Waals surface area (Å²) < 4.78 is 22.5. The zero-order valence-electron chi connectivity index (χ0n) is 14.4. The lowest BCUT2D eigenvalue weighted by atomic mass is 10.1.